The Morgan fingerprint density at radius 1 is 1.20 bits per heavy atom. The smallest absolute Gasteiger partial charge is 0.185 e. The monoisotopic (exact) mass is 299 g/mol. The van der Waals surface area contributed by atoms with Crippen LogP contribution < -0.4 is 5.32 Å². The fraction of sp³-hybridized carbons (Fsp3) is 0.600. The van der Waals surface area contributed by atoms with Gasteiger partial charge in [-0.3, -0.25) is 0 Å². The SMILES string of the molecule is CNC1CC(C)CC(C)C1S(=O)(=O)c1ccccc1F. The molecule has 1 aliphatic carbocycles. The van der Waals surface area contributed by atoms with E-state index in [1.54, 1.807) is 13.1 Å². The van der Waals surface area contributed by atoms with Gasteiger partial charge in [0.15, 0.2) is 9.84 Å². The summed E-state index contributed by atoms with van der Waals surface area (Å²) in [5.74, 6) is -0.163. The van der Waals surface area contributed by atoms with Crippen LogP contribution in [-0.2, 0) is 9.84 Å². The van der Waals surface area contributed by atoms with Crippen LogP contribution in [0.5, 0.6) is 0 Å². The summed E-state index contributed by atoms with van der Waals surface area (Å²) >= 11 is 0. The van der Waals surface area contributed by atoms with Crippen LogP contribution in [0.2, 0.25) is 0 Å². The van der Waals surface area contributed by atoms with Gasteiger partial charge in [0.1, 0.15) is 10.7 Å². The Morgan fingerprint density at radius 2 is 1.85 bits per heavy atom. The number of hydrogen-bond donors (Lipinski definition) is 1. The molecule has 4 unspecified atom stereocenters. The van der Waals surface area contributed by atoms with Crippen molar-refractivity contribution in [1.82, 2.24) is 5.32 Å². The van der Waals surface area contributed by atoms with Gasteiger partial charge in [-0.1, -0.05) is 26.0 Å². The molecule has 0 saturated heterocycles. The zero-order chi connectivity index (χ0) is 14.9. The molecule has 0 radical (unpaired) electrons. The van der Waals surface area contributed by atoms with Crippen molar-refractivity contribution in [2.24, 2.45) is 11.8 Å². The minimum Gasteiger partial charge on any atom is -0.316 e. The molecule has 0 aromatic heterocycles. The summed E-state index contributed by atoms with van der Waals surface area (Å²) in [6, 6.07) is 5.52. The van der Waals surface area contributed by atoms with E-state index in [1.165, 1.54) is 18.2 Å². The molecular formula is C15H22FNO2S. The summed E-state index contributed by atoms with van der Waals surface area (Å²) in [7, 11) is -1.89. The molecule has 0 spiro atoms. The standard InChI is InChI=1S/C15H22FNO2S/c1-10-8-11(2)15(13(9-10)17-3)20(18,19)14-7-5-4-6-12(14)16/h4-7,10-11,13,15,17H,8-9H2,1-3H3. The van der Waals surface area contributed by atoms with Crippen molar-refractivity contribution in [2.75, 3.05) is 7.05 Å². The maximum Gasteiger partial charge on any atom is 0.185 e. The van der Waals surface area contributed by atoms with Gasteiger partial charge < -0.3 is 5.32 Å². The molecule has 1 aromatic rings. The van der Waals surface area contributed by atoms with Crippen molar-refractivity contribution in [1.29, 1.82) is 0 Å². The number of hydrogen-bond acceptors (Lipinski definition) is 3. The van der Waals surface area contributed by atoms with E-state index in [-0.39, 0.29) is 16.9 Å². The lowest BCUT2D eigenvalue weighted by Crippen LogP contribution is -2.50. The molecule has 112 valence electrons. The number of halogens is 1. The third-order valence-electron chi connectivity index (χ3n) is 4.26. The molecular weight excluding hydrogens is 277 g/mol. The number of rotatable bonds is 3. The molecule has 3 nitrogen and oxygen atoms in total. The van der Waals surface area contributed by atoms with Crippen molar-refractivity contribution in [3.05, 3.63) is 30.1 Å². The van der Waals surface area contributed by atoms with Crippen LogP contribution in [0, 0.1) is 17.7 Å². The zero-order valence-corrected chi connectivity index (χ0v) is 13.0. The molecule has 1 N–H and O–H groups in total. The van der Waals surface area contributed by atoms with E-state index >= 15 is 0 Å². The van der Waals surface area contributed by atoms with Crippen LogP contribution in [-0.4, -0.2) is 26.8 Å². The van der Waals surface area contributed by atoms with Crippen LogP contribution >= 0.6 is 0 Å². The molecule has 4 atom stereocenters. The lowest BCUT2D eigenvalue weighted by Gasteiger charge is -2.39. The summed E-state index contributed by atoms with van der Waals surface area (Å²) in [5, 5.41) is 2.54. The highest BCUT2D eigenvalue weighted by Crippen LogP contribution is 2.36. The zero-order valence-electron chi connectivity index (χ0n) is 12.1. The third-order valence-corrected chi connectivity index (χ3v) is 6.71. The van der Waals surface area contributed by atoms with E-state index in [1.807, 2.05) is 6.92 Å². The van der Waals surface area contributed by atoms with Gasteiger partial charge in [-0.05, 0) is 43.9 Å². The summed E-state index contributed by atoms with van der Waals surface area (Å²) in [4.78, 5) is -0.174. The fourth-order valence-corrected chi connectivity index (χ4v) is 5.76. The van der Waals surface area contributed by atoms with Crippen molar-refractivity contribution in [3.63, 3.8) is 0 Å². The molecule has 1 aromatic carbocycles. The van der Waals surface area contributed by atoms with Crippen molar-refractivity contribution in [3.8, 4) is 0 Å². The molecule has 5 heteroatoms. The maximum atomic E-state index is 13.9. The average Bonchev–Trinajstić information content (AvgIpc) is 2.37. The molecule has 0 bridgehead atoms. The highest BCUT2D eigenvalue weighted by Gasteiger charge is 2.43. The molecule has 1 fully saturated rings. The maximum absolute atomic E-state index is 13.9. The Balaban J connectivity index is 2.44. The van der Waals surface area contributed by atoms with E-state index in [2.05, 4.69) is 12.2 Å². The lowest BCUT2D eigenvalue weighted by atomic mass is 9.80. The van der Waals surface area contributed by atoms with Crippen LogP contribution in [0.3, 0.4) is 0 Å². The number of sulfone groups is 1. The van der Waals surface area contributed by atoms with Crippen molar-refractivity contribution in [2.45, 2.75) is 42.9 Å². The Bertz CT molecular complexity index is 573. The summed E-state index contributed by atoms with van der Waals surface area (Å²) in [6.07, 6.45) is 1.66. The van der Waals surface area contributed by atoms with E-state index in [4.69, 9.17) is 0 Å². The van der Waals surface area contributed by atoms with Crippen LogP contribution in [0.1, 0.15) is 26.7 Å². The van der Waals surface area contributed by atoms with Crippen LogP contribution in [0.15, 0.2) is 29.2 Å². The van der Waals surface area contributed by atoms with Crippen molar-refractivity contribution < 1.29 is 12.8 Å². The molecule has 1 aliphatic rings. The van der Waals surface area contributed by atoms with Crippen molar-refractivity contribution >= 4 is 9.84 Å². The van der Waals surface area contributed by atoms with Gasteiger partial charge in [0.05, 0.1) is 5.25 Å². The first kappa shape index (κ1) is 15.4. The predicted molar refractivity (Wildman–Crippen MR) is 77.8 cm³/mol. The molecule has 0 aliphatic heterocycles. The van der Waals surface area contributed by atoms with Gasteiger partial charge in [0.25, 0.3) is 0 Å². The molecule has 2 rings (SSSR count). The van der Waals surface area contributed by atoms with Gasteiger partial charge in [-0.15, -0.1) is 0 Å². The van der Waals surface area contributed by atoms with Gasteiger partial charge >= 0.3 is 0 Å². The first-order valence-electron chi connectivity index (χ1n) is 7.03. The molecule has 0 heterocycles. The fourth-order valence-electron chi connectivity index (χ4n) is 3.46. The highest BCUT2D eigenvalue weighted by atomic mass is 32.2. The van der Waals surface area contributed by atoms with Crippen LogP contribution in [0.4, 0.5) is 4.39 Å². The Labute approximate surface area is 120 Å². The number of nitrogens with one attached hydrogen (secondary N) is 1. The second-order valence-electron chi connectivity index (χ2n) is 5.89. The normalized spacial score (nSPS) is 31.2. The summed E-state index contributed by atoms with van der Waals surface area (Å²) < 4.78 is 39.5. The molecule has 0 amide bonds. The molecule has 20 heavy (non-hydrogen) atoms. The van der Waals surface area contributed by atoms with E-state index in [9.17, 15) is 12.8 Å². The second kappa shape index (κ2) is 5.82. The average molecular weight is 299 g/mol. The van der Waals surface area contributed by atoms with E-state index in [0.29, 0.717) is 5.92 Å². The van der Waals surface area contributed by atoms with E-state index in [0.717, 1.165) is 12.8 Å². The van der Waals surface area contributed by atoms with Gasteiger partial charge in [-0.2, -0.15) is 0 Å². The lowest BCUT2D eigenvalue weighted by molar-refractivity contribution is 0.249. The van der Waals surface area contributed by atoms with Gasteiger partial charge in [0, 0.05) is 6.04 Å². The number of benzene rings is 1. The quantitative estimate of drug-likeness (QED) is 0.933. The van der Waals surface area contributed by atoms with Gasteiger partial charge in [-0.25, -0.2) is 12.8 Å². The largest absolute Gasteiger partial charge is 0.316 e. The minimum absolute atomic E-state index is 0.0146. The summed E-state index contributed by atoms with van der Waals surface area (Å²) in [6.45, 7) is 4.08. The Kier molecular flexibility index (Phi) is 4.49. The molecule has 1 saturated carbocycles. The first-order valence-corrected chi connectivity index (χ1v) is 8.58. The topological polar surface area (TPSA) is 46.2 Å². The Hall–Kier alpha value is -0.940. The predicted octanol–water partition coefficient (Wildman–Crippen LogP) is 2.62. The van der Waals surface area contributed by atoms with E-state index < -0.39 is 20.9 Å². The van der Waals surface area contributed by atoms with Gasteiger partial charge in [0.2, 0.25) is 0 Å². The highest BCUT2D eigenvalue weighted by molar-refractivity contribution is 7.92. The summed E-state index contributed by atoms with van der Waals surface area (Å²) in [5.41, 5.74) is 0. The Morgan fingerprint density at radius 3 is 2.45 bits per heavy atom. The van der Waals surface area contributed by atoms with Crippen LogP contribution in [0.25, 0.3) is 0 Å². The minimum atomic E-state index is -3.66. The third kappa shape index (κ3) is 2.74. The second-order valence-corrected chi connectivity index (χ2v) is 7.96. The first-order chi connectivity index (χ1) is 9.37.